The normalized spacial score (nSPS) is 20.1. The maximum Gasteiger partial charge on any atom is 0.220 e. The second kappa shape index (κ2) is 8.63. The third-order valence-corrected chi connectivity index (χ3v) is 5.61. The fraction of sp³-hybridized carbons (Fsp3) is 0.765. The quantitative estimate of drug-likeness (QED) is 0.811. The lowest BCUT2D eigenvalue weighted by Gasteiger charge is -2.28. The van der Waals surface area contributed by atoms with Crippen molar-refractivity contribution in [3.63, 3.8) is 0 Å². The number of nitrogens with one attached hydrogen (secondary N) is 2. The molecule has 5 heteroatoms. The highest BCUT2D eigenvalue weighted by Gasteiger charge is 2.21. The molecule has 0 spiro atoms. The van der Waals surface area contributed by atoms with Gasteiger partial charge in [0.2, 0.25) is 5.91 Å². The first kappa shape index (κ1) is 17.4. The van der Waals surface area contributed by atoms with Gasteiger partial charge in [-0.15, -0.1) is 11.3 Å². The molecule has 0 aromatic carbocycles. The molecule has 124 valence electrons. The molecule has 1 aromatic rings. The molecule has 0 aliphatic carbocycles. The van der Waals surface area contributed by atoms with Crippen molar-refractivity contribution >= 4 is 17.2 Å². The van der Waals surface area contributed by atoms with E-state index in [0.717, 1.165) is 25.2 Å². The van der Waals surface area contributed by atoms with Crippen molar-refractivity contribution in [1.29, 1.82) is 0 Å². The van der Waals surface area contributed by atoms with E-state index < -0.39 is 0 Å². The van der Waals surface area contributed by atoms with Crippen LogP contribution in [0.3, 0.4) is 0 Å². The number of carbonyl (C=O) groups excluding carboxylic acids is 1. The third kappa shape index (κ3) is 5.36. The van der Waals surface area contributed by atoms with Crippen LogP contribution in [0.25, 0.3) is 0 Å². The van der Waals surface area contributed by atoms with Crippen LogP contribution >= 0.6 is 11.3 Å². The fourth-order valence-corrected chi connectivity index (χ4v) is 3.80. The lowest BCUT2D eigenvalue weighted by molar-refractivity contribution is -0.122. The van der Waals surface area contributed by atoms with E-state index in [2.05, 4.69) is 41.8 Å². The van der Waals surface area contributed by atoms with Crippen molar-refractivity contribution in [2.75, 3.05) is 19.6 Å². The average Bonchev–Trinajstić information content (AvgIpc) is 2.97. The Morgan fingerprint density at radius 2 is 2.32 bits per heavy atom. The van der Waals surface area contributed by atoms with Crippen molar-refractivity contribution in [3.05, 3.63) is 16.1 Å². The summed E-state index contributed by atoms with van der Waals surface area (Å²) in [6.45, 7) is 9.40. The molecule has 1 aromatic heterocycles. The average molecular weight is 324 g/mol. The molecule has 1 aliphatic heterocycles. The molecule has 1 fully saturated rings. The molecular formula is C17H29N3OS. The van der Waals surface area contributed by atoms with Gasteiger partial charge in [-0.1, -0.05) is 20.8 Å². The second-order valence-corrected chi connectivity index (χ2v) is 7.61. The Balaban J connectivity index is 1.66. The Hall–Kier alpha value is -0.940. The largest absolute Gasteiger partial charge is 0.356 e. The minimum atomic E-state index is 0.178. The van der Waals surface area contributed by atoms with Crippen molar-refractivity contribution in [3.8, 4) is 0 Å². The number of nitrogens with zero attached hydrogens (tertiary/aromatic N) is 1. The lowest BCUT2D eigenvalue weighted by Crippen LogP contribution is -2.36. The van der Waals surface area contributed by atoms with E-state index in [1.54, 1.807) is 11.3 Å². The molecule has 4 nitrogen and oxygen atoms in total. The Kier molecular flexibility index (Phi) is 6.83. The van der Waals surface area contributed by atoms with Gasteiger partial charge in [-0.2, -0.15) is 0 Å². The Labute approximate surface area is 138 Å². The maximum atomic E-state index is 12.1. The highest BCUT2D eigenvalue weighted by atomic mass is 32.1. The van der Waals surface area contributed by atoms with E-state index in [1.807, 2.05) is 0 Å². The van der Waals surface area contributed by atoms with E-state index >= 15 is 0 Å². The van der Waals surface area contributed by atoms with Gasteiger partial charge in [0, 0.05) is 30.7 Å². The maximum absolute atomic E-state index is 12.1. The minimum absolute atomic E-state index is 0.178. The van der Waals surface area contributed by atoms with Crippen LogP contribution in [-0.2, 0) is 11.2 Å². The van der Waals surface area contributed by atoms with Crippen LogP contribution in [0.4, 0.5) is 0 Å². The molecule has 2 N–H and O–H groups in total. The van der Waals surface area contributed by atoms with Crippen LogP contribution in [0, 0.1) is 11.8 Å². The van der Waals surface area contributed by atoms with Crippen LogP contribution in [0.5, 0.6) is 0 Å². The summed E-state index contributed by atoms with van der Waals surface area (Å²) in [4.78, 5) is 16.7. The fourth-order valence-electron chi connectivity index (χ4n) is 2.93. The molecule has 2 rings (SSSR count). The summed E-state index contributed by atoms with van der Waals surface area (Å²) in [6, 6.07) is 0. The first-order valence-electron chi connectivity index (χ1n) is 8.48. The van der Waals surface area contributed by atoms with Gasteiger partial charge in [0.05, 0.1) is 10.7 Å². The van der Waals surface area contributed by atoms with Gasteiger partial charge >= 0.3 is 0 Å². The summed E-state index contributed by atoms with van der Waals surface area (Å²) in [7, 11) is 0. The van der Waals surface area contributed by atoms with Gasteiger partial charge in [-0.05, 0) is 37.8 Å². The molecule has 2 unspecified atom stereocenters. The first-order chi connectivity index (χ1) is 10.6. The van der Waals surface area contributed by atoms with Gasteiger partial charge in [0.15, 0.2) is 0 Å². The third-order valence-electron chi connectivity index (χ3n) is 4.41. The van der Waals surface area contributed by atoms with Gasteiger partial charge < -0.3 is 10.6 Å². The number of aromatic nitrogens is 1. The first-order valence-corrected chi connectivity index (χ1v) is 9.36. The van der Waals surface area contributed by atoms with Crippen molar-refractivity contribution in [2.45, 2.75) is 52.4 Å². The molecule has 0 radical (unpaired) electrons. The van der Waals surface area contributed by atoms with Crippen molar-refractivity contribution in [1.82, 2.24) is 15.6 Å². The number of hydrogen-bond acceptors (Lipinski definition) is 4. The van der Waals surface area contributed by atoms with E-state index in [0.29, 0.717) is 30.7 Å². The molecule has 2 heterocycles. The molecule has 2 atom stereocenters. The highest BCUT2D eigenvalue weighted by Crippen LogP contribution is 2.22. The number of carbonyl (C=O) groups is 1. The Morgan fingerprint density at radius 1 is 1.50 bits per heavy atom. The van der Waals surface area contributed by atoms with E-state index in [-0.39, 0.29) is 5.91 Å². The predicted molar refractivity (Wildman–Crippen MR) is 92.3 cm³/mol. The Bertz CT molecular complexity index is 466. The summed E-state index contributed by atoms with van der Waals surface area (Å²) in [5, 5.41) is 9.76. The number of thiazole rings is 1. The summed E-state index contributed by atoms with van der Waals surface area (Å²) < 4.78 is 0. The lowest BCUT2D eigenvalue weighted by atomic mass is 9.85. The van der Waals surface area contributed by atoms with E-state index in [9.17, 15) is 4.79 Å². The summed E-state index contributed by atoms with van der Waals surface area (Å²) in [6.07, 6.45) is 3.95. The minimum Gasteiger partial charge on any atom is -0.356 e. The van der Waals surface area contributed by atoms with Crippen LogP contribution in [-0.4, -0.2) is 30.5 Å². The topological polar surface area (TPSA) is 54.0 Å². The molecule has 22 heavy (non-hydrogen) atoms. The zero-order valence-corrected chi connectivity index (χ0v) is 14.8. The number of amides is 1. The van der Waals surface area contributed by atoms with Gasteiger partial charge in [0.1, 0.15) is 0 Å². The molecule has 0 saturated carbocycles. The highest BCUT2D eigenvalue weighted by molar-refractivity contribution is 7.09. The summed E-state index contributed by atoms with van der Waals surface area (Å²) >= 11 is 1.72. The standard InChI is InChI=1S/C17H29N3OS/c1-12(2)17-20-15(11-22-17)6-8-19-16(21)9-13(3)14-5-4-7-18-10-14/h11-14,18H,4-10H2,1-3H3,(H,19,21). The van der Waals surface area contributed by atoms with Gasteiger partial charge in [-0.3, -0.25) is 4.79 Å². The van der Waals surface area contributed by atoms with Crippen molar-refractivity contribution in [2.24, 2.45) is 11.8 Å². The van der Waals surface area contributed by atoms with E-state index in [1.165, 1.54) is 17.8 Å². The zero-order valence-electron chi connectivity index (χ0n) is 14.0. The monoisotopic (exact) mass is 323 g/mol. The van der Waals surface area contributed by atoms with Crippen LogP contribution in [0.15, 0.2) is 5.38 Å². The predicted octanol–water partition coefficient (Wildman–Crippen LogP) is 2.95. The number of piperidine rings is 1. The number of rotatable bonds is 7. The molecular weight excluding hydrogens is 294 g/mol. The van der Waals surface area contributed by atoms with Crippen LogP contribution in [0.2, 0.25) is 0 Å². The molecule has 1 aliphatic rings. The van der Waals surface area contributed by atoms with E-state index in [4.69, 9.17) is 0 Å². The molecule has 1 amide bonds. The SMILES string of the molecule is CC(C)c1nc(CCNC(=O)CC(C)C2CCCNC2)cs1. The van der Waals surface area contributed by atoms with Gasteiger partial charge in [0.25, 0.3) is 0 Å². The van der Waals surface area contributed by atoms with Gasteiger partial charge in [-0.25, -0.2) is 4.98 Å². The second-order valence-electron chi connectivity index (χ2n) is 6.72. The molecule has 0 bridgehead atoms. The molecule has 1 saturated heterocycles. The van der Waals surface area contributed by atoms with Crippen LogP contribution < -0.4 is 10.6 Å². The summed E-state index contributed by atoms with van der Waals surface area (Å²) in [5.74, 6) is 1.77. The smallest absolute Gasteiger partial charge is 0.220 e. The van der Waals surface area contributed by atoms with Crippen LogP contribution in [0.1, 0.15) is 56.7 Å². The Morgan fingerprint density at radius 3 is 2.95 bits per heavy atom. The summed E-state index contributed by atoms with van der Waals surface area (Å²) in [5.41, 5.74) is 1.10. The zero-order chi connectivity index (χ0) is 15.9. The number of hydrogen-bond donors (Lipinski definition) is 2. The van der Waals surface area contributed by atoms with Crippen molar-refractivity contribution < 1.29 is 4.79 Å².